The van der Waals surface area contributed by atoms with Crippen LogP contribution in [0.1, 0.15) is 84.0 Å². The molecule has 208 valence electrons. The van der Waals surface area contributed by atoms with Crippen LogP contribution in [-0.2, 0) is 26.6 Å². The van der Waals surface area contributed by atoms with Gasteiger partial charge in [-0.15, -0.1) is 0 Å². The molecule has 1 N–H and O–H groups in total. The Balaban J connectivity index is 0. The van der Waals surface area contributed by atoms with E-state index in [1.165, 1.54) is 70.8 Å². The summed E-state index contributed by atoms with van der Waals surface area (Å²) in [5.41, 5.74) is 0. The predicted molar refractivity (Wildman–Crippen MR) is 140 cm³/mol. The first-order valence-corrected chi connectivity index (χ1v) is 17.0. The molecule has 0 aromatic heterocycles. The van der Waals surface area contributed by atoms with Crippen LogP contribution < -0.4 is 17.3 Å². The van der Waals surface area contributed by atoms with Crippen molar-refractivity contribution in [2.45, 2.75) is 96.1 Å². The van der Waals surface area contributed by atoms with Gasteiger partial charge < -0.3 is 43.9 Å². The molecule has 0 heterocycles. The zero-order valence-corrected chi connectivity index (χ0v) is 26.1. The molecule has 0 saturated heterocycles. The Hall–Kier alpha value is 0.444. The second kappa shape index (κ2) is 23.8. The molecule has 0 radical (unpaired) electrons. The Kier molecular flexibility index (Phi) is 25.6. The lowest BCUT2D eigenvalue weighted by atomic mass is 10.1. The SMILES string of the molecule is CCCCCCCCCCCC[NH+](CCC[Si](OC)(OC)OC)CCC[Si](OC)(OC)OC.[Cl-]. The Morgan fingerprint density at radius 1 is 0.441 bits per heavy atom. The second-order valence-electron chi connectivity index (χ2n) is 8.98. The fourth-order valence-electron chi connectivity index (χ4n) is 4.46. The van der Waals surface area contributed by atoms with E-state index in [9.17, 15) is 0 Å². The van der Waals surface area contributed by atoms with Gasteiger partial charge in [-0.25, -0.2) is 0 Å². The molecule has 0 aromatic rings. The third kappa shape index (κ3) is 16.2. The van der Waals surface area contributed by atoms with Gasteiger partial charge in [0.15, 0.2) is 0 Å². The number of halogens is 1. The van der Waals surface area contributed by atoms with Crippen molar-refractivity contribution in [3.63, 3.8) is 0 Å². The van der Waals surface area contributed by atoms with Gasteiger partial charge in [-0.05, 0) is 12.8 Å². The average Bonchev–Trinajstić information content (AvgIpc) is 2.85. The minimum absolute atomic E-state index is 0. The Labute approximate surface area is 219 Å². The molecule has 0 aromatic carbocycles. The molecule has 7 nitrogen and oxygen atoms in total. The predicted octanol–water partition coefficient (Wildman–Crippen LogP) is 1.33. The minimum atomic E-state index is -2.49. The van der Waals surface area contributed by atoms with Crippen LogP contribution in [0.15, 0.2) is 0 Å². The van der Waals surface area contributed by atoms with Gasteiger partial charge in [0.1, 0.15) is 0 Å². The highest BCUT2D eigenvalue weighted by atomic mass is 35.5. The molecule has 0 aliphatic rings. The summed E-state index contributed by atoms with van der Waals surface area (Å²) in [6.45, 7) is 5.69. The average molecular weight is 546 g/mol. The molecule has 0 aliphatic heterocycles. The van der Waals surface area contributed by atoms with Crippen LogP contribution >= 0.6 is 0 Å². The van der Waals surface area contributed by atoms with Crippen molar-refractivity contribution in [3.05, 3.63) is 0 Å². The molecule has 0 rings (SSSR count). The van der Waals surface area contributed by atoms with Crippen molar-refractivity contribution in [2.24, 2.45) is 0 Å². The fourth-order valence-corrected chi connectivity index (χ4v) is 7.90. The molecular weight excluding hydrogens is 490 g/mol. The maximum absolute atomic E-state index is 5.60. The number of hydrogen-bond donors (Lipinski definition) is 1. The van der Waals surface area contributed by atoms with E-state index >= 15 is 0 Å². The summed E-state index contributed by atoms with van der Waals surface area (Å²) in [6.07, 6.45) is 15.8. The van der Waals surface area contributed by atoms with Crippen molar-refractivity contribution in [3.8, 4) is 0 Å². The molecule has 0 saturated carbocycles. The van der Waals surface area contributed by atoms with Crippen LogP contribution in [0.4, 0.5) is 0 Å². The normalized spacial score (nSPS) is 12.4. The summed E-state index contributed by atoms with van der Waals surface area (Å²) >= 11 is 0. The Morgan fingerprint density at radius 3 is 1.06 bits per heavy atom. The van der Waals surface area contributed by atoms with Crippen molar-refractivity contribution < 1.29 is 43.9 Å². The summed E-state index contributed by atoms with van der Waals surface area (Å²) in [5.74, 6) is 0. The highest BCUT2D eigenvalue weighted by molar-refractivity contribution is 6.60. The first kappa shape index (κ1) is 36.6. The quantitative estimate of drug-likeness (QED) is 0.138. The van der Waals surface area contributed by atoms with Gasteiger partial charge in [-0.2, -0.15) is 0 Å². The molecule has 0 bridgehead atoms. The largest absolute Gasteiger partial charge is 1.00 e. The lowest BCUT2D eigenvalue weighted by Gasteiger charge is -2.27. The van der Waals surface area contributed by atoms with E-state index in [1.807, 2.05) is 0 Å². The summed E-state index contributed by atoms with van der Waals surface area (Å²) in [4.78, 5) is 1.63. The topological polar surface area (TPSA) is 59.8 Å². The van der Waals surface area contributed by atoms with Gasteiger partial charge >= 0.3 is 17.6 Å². The summed E-state index contributed by atoms with van der Waals surface area (Å²) in [5, 5.41) is 0. The molecule has 0 atom stereocenters. The van der Waals surface area contributed by atoms with E-state index in [4.69, 9.17) is 26.6 Å². The van der Waals surface area contributed by atoms with Gasteiger partial charge in [0.05, 0.1) is 19.6 Å². The van der Waals surface area contributed by atoms with Crippen molar-refractivity contribution >= 4 is 17.6 Å². The number of quaternary nitrogens is 1. The van der Waals surface area contributed by atoms with Gasteiger partial charge in [0.25, 0.3) is 0 Å². The summed E-state index contributed by atoms with van der Waals surface area (Å²) in [6, 6.07) is 1.70. The molecule has 10 heteroatoms. The molecule has 0 amide bonds. The smallest absolute Gasteiger partial charge is 0.500 e. The van der Waals surface area contributed by atoms with Crippen LogP contribution in [0.25, 0.3) is 0 Å². The van der Waals surface area contributed by atoms with Gasteiger partial charge in [-0.3, -0.25) is 0 Å². The number of nitrogens with one attached hydrogen (secondary N) is 1. The van der Waals surface area contributed by atoms with E-state index in [0.29, 0.717) is 0 Å². The third-order valence-corrected chi connectivity index (χ3v) is 12.4. The van der Waals surface area contributed by atoms with E-state index in [2.05, 4.69) is 6.92 Å². The standard InChI is InChI=1S/C24H55NO6Si2.ClH/c1-8-9-10-11-12-13-14-15-16-17-20-25(21-18-23-32(26-2,27-3)28-4)22-19-24-33(29-5,30-6)31-7;/h8-24H2,1-7H3;1H. The minimum Gasteiger partial charge on any atom is -1.00 e. The number of unbranched alkanes of at least 4 members (excludes halogenated alkanes) is 9. The van der Waals surface area contributed by atoms with E-state index in [1.54, 1.807) is 47.6 Å². The van der Waals surface area contributed by atoms with Crippen molar-refractivity contribution in [1.82, 2.24) is 0 Å². The maximum Gasteiger partial charge on any atom is 0.500 e. The lowest BCUT2D eigenvalue weighted by molar-refractivity contribution is -0.900. The maximum atomic E-state index is 5.60. The lowest BCUT2D eigenvalue weighted by Crippen LogP contribution is -3.12. The van der Waals surface area contributed by atoms with Crippen LogP contribution in [0.2, 0.25) is 12.1 Å². The van der Waals surface area contributed by atoms with Crippen LogP contribution in [-0.4, -0.2) is 79.9 Å². The van der Waals surface area contributed by atoms with Crippen molar-refractivity contribution in [2.75, 3.05) is 62.3 Å². The summed E-state index contributed by atoms with van der Waals surface area (Å²) < 4.78 is 33.6. The molecule has 34 heavy (non-hydrogen) atoms. The molecule has 0 aliphatic carbocycles. The van der Waals surface area contributed by atoms with Crippen LogP contribution in [0.5, 0.6) is 0 Å². The number of rotatable bonds is 25. The Morgan fingerprint density at radius 2 is 0.735 bits per heavy atom. The zero-order chi connectivity index (χ0) is 24.8. The highest BCUT2D eigenvalue weighted by Gasteiger charge is 2.38. The van der Waals surface area contributed by atoms with Gasteiger partial charge in [0.2, 0.25) is 0 Å². The van der Waals surface area contributed by atoms with E-state index in [0.717, 1.165) is 38.0 Å². The fraction of sp³-hybridized carbons (Fsp3) is 1.00. The van der Waals surface area contributed by atoms with Crippen LogP contribution in [0, 0.1) is 0 Å². The molecule has 0 unspecified atom stereocenters. The Bertz CT molecular complexity index is 390. The molecular formula is C24H56ClNO6Si2. The van der Waals surface area contributed by atoms with Gasteiger partial charge in [-0.1, -0.05) is 58.3 Å². The van der Waals surface area contributed by atoms with E-state index < -0.39 is 17.6 Å². The molecule has 0 spiro atoms. The molecule has 0 fully saturated rings. The van der Waals surface area contributed by atoms with Crippen molar-refractivity contribution in [1.29, 1.82) is 0 Å². The third-order valence-electron chi connectivity index (χ3n) is 6.78. The second-order valence-corrected chi connectivity index (χ2v) is 15.2. The first-order valence-electron chi connectivity index (χ1n) is 13.1. The van der Waals surface area contributed by atoms with E-state index in [-0.39, 0.29) is 12.4 Å². The first-order chi connectivity index (χ1) is 16.0. The zero-order valence-electron chi connectivity index (χ0n) is 23.3. The number of hydrogen-bond acceptors (Lipinski definition) is 6. The van der Waals surface area contributed by atoms with Crippen LogP contribution in [0.3, 0.4) is 0 Å². The highest BCUT2D eigenvalue weighted by Crippen LogP contribution is 2.15. The monoisotopic (exact) mass is 545 g/mol. The van der Waals surface area contributed by atoms with Gasteiger partial charge in [0, 0.05) is 67.6 Å². The summed E-state index contributed by atoms with van der Waals surface area (Å²) in [7, 11) is 5.17.